The number of aryl methyl sites for hydroxylation is 1. The van der Waals surface area contributed by atoms with Crippen molar-refractivity contribution in [3.05, 3.63) is 23.7 Å². The fourth-order valence-electron chi connectivity index (χ4n) is 1.99. The third-order valence-corrected chi connectivity index (χ3v) is 3.11. The van der Waals surface area contributed by atoms with E-state index in [0.717, 1.165) is 19.3 Å². The second kappa shape index (κ2) is 5.25. The Kier molecular flexibility index (Phi) is 3.69. The number of furan rings is 1. The molecule has 1 unspecified atom stereocenters. The molecule has 1 fully saturated rings. The largest absolute Gasteiger partial charge is 0.480 e. The zero-order chi connectivity index (χ0) is 13.1. The summed E-state index contributed by atoms with van der Waals surface area (Å²) in [7, 11) is 0. The first-order chi connectivity index (χ1) is 8.63. The van der Waals surface area contributed by atoms with Gasteiger partial charge in [0, 0.05) is 6.42 Å². The van der Waals surface area contributed by atoms with Crippen LogP contribution in [-0.4, -0.2) is 23.0 Å². The standard InChI is InChI=1S/C13H17NO4/c1-2-3-10-9(6-7-18-10)12(15)14-11(13(16)17)8-4-5-8/h6-8,11H,2-5H2,1H3,(H,14,15)(H,16,17). The Morgan fingerprint density at radius 3 is 2.83 bits per heavy atom. The number of carbonyl (C=O) groups excluding carboxylic acids is 1. The highest BCUT2D eigenvalue weighted by Crippen LogP contribution is 2.33. The van der Waals surface area contributed by atoms with Gasteiger partial charge in [-0.25, -0.2) is 4.79 Å². The van der Waals surface area contributed by atoms with Crippen LogP contribution in [0.2, 0.25) is 0 Å². The van der Waals surface area contributed by atoms with Gasteiger partial charge < -0.3 is 14.8 Å². The van der Waals surface area contributed by atoms with Crippen molar-refractivity contribution in [2.45, 2.75) is 38.6 Å². The molecule has 0 spiro atoms. The van der Waals surface area contributed by atoms with E-state index < -0.39 is 12.0 Å². The smallest absolute Gasteiger partial charge is 0.326 e. The first kappa shape index (κ1) is 12.7. The summed E-state index contributed by atoms with van der Waals surface area (Å²) < 4.78 is 5.24. The van der Waals surface area contributed by atoms with Crippen LogP contribution >= 0.6 is 0 Å². The van der Waals surface area contributed by atoms with Crippen LogP contribution in [-0.2, 0) is 11.2 Å². The van der Waals surface area contributed by atoms with Crippen LogP contribution in [0, 0.1) is 5.92 Å². The van der Waals surface area contributed by atoms with Crippen LogP contribution in [0.4, 0.5) is 0 Å². The van der Waals surface area contributed by atoms with Gasteiger partial charge in [0.2, 0.25) is 0 Å². The van der Waals surface area contributed by atoms with E-state index in [1.807, 2.05) is 6.92 Å². The van der Waals surface area contributed by atoms with Crippen LogP contribution in [0.25, 0.3) is 0 Å². The van der Waals surface area contributed by atoms with Gasteiger partial charge in [-0.1, -0.05) is 6.92 Å². The van der Waals surface area contributed by atoms with Crippen LogP contribution < -0.4 is 5.32 Å². The summed E-state index contributed by atoms with van der Waals surface area (Å²) in [4.78, 5) is 23.1. The molecule has 1 saturated carbocycles. The van der Waals surface area contributed by atoms with Gasteiger partial charge >= 0.3 is 5.97 Å². The molecule has 18 heavy (non-hydrogen) atoms. The highest BCUT2D eigenvalue weighted by molar-refractivity contribution is 5.97. The third-order valence-electron chi connectivity index (χ3n) is 3.11. The van der Waals surface area contributed by atoms with Crippen molar-refractivity contribution < 1.29 is 19.1 Å². The molecule has 1 heterocycles. The minimum atomic E-state index is -0.966. The number of amides is 1. The Labute approximate surface area is 105 Å². The SMILES string of the molecule is CCCc1occc1C(=O)NC(C(=O)O)C1CC1. The molecule has 98 valence electrons. The van der Waals surface area contributed by atoms with E-state index in [-0.39, 0.29) is 11.8 Å². The number of aliphatic carboxylic acids is 1. The van der Waals surface area contributed by atoms with Crippen LogP contribution in [0.3, 0.4) is 0 Å². The van der Waals surface area contributed by atoms with Gasteiger partial charge in [0.05, 0.1) is 11.8 Å². The lowest BCUT2D eigenvalue weighted by Crippen LogP contribution is -2.42. The van der Waals surface area contributed by atoms with Gasteiger partial charge in [-0.3, -0.25) is 4.79 Å². The molecule has 1 amide bonds. The third kappa shape index (κ3) is 2.72. The predicted octanol–water partition coefficient (Wildman–Crippen LogP) is 1.83. The molecule has 0 bridgehead atoms. The molecular weight excluding hydrogens is 234 g/mol. The topological polar surface area (TPSA) is 79.5 Å². The summed E-state index contributed by atoms with van der Waals surface area (Å²) >= 11 is 0. The summed E-state index contributed by atoms with van der Waals surface area (Å²) in [6.45, 7) is 1.99. The van der Waals surface area contributed by atoms with Crippen molar-refractivity contribution >= 4 is 11.9 Å². The van der Waals surface area contributed by atoms with E-state index >= 15 is 0 Å². The van der Waals surface area contributed by atoms with E-state index in [1.54, 1.807) is 6.07 Å². The monoisotopic (exact) mass is 251 g/mol. The summed E-state index contributed by atoms with van der Waals surface area (Å²) in [5.41, 5.74) is 0.448. The van der Waals surface area contributed by atoms with Crippen LogP contribution in [0.15, 0.2) is 16.7 Å². The number of hydrogen-bond donors (Lipinski definition) is 2. The molecule has 5 nitrogen and oxygen atoms in total. The highest BCUT2D eigenvalue weighted by Gasteiger charge is 2.37. The Bertz CT molecular complexity index is 448. The van der Waals surface area contributed by atoms with E-state index in [4.69, 9.17) is 9.52 Å². The average Bonchev–Trinajstić information content (AvgIpc) is 3.05. The maximum Gasteiger partial charge on any atom is 0.326 e. The van der Waals surface area contributed by atoms with Crippen molar-refractivity contribution in [3.8, 4) is 0 Å². The van der Waals surface area contributed by atoms with Crippen molar-refractivity contribution in [1.82, 2.24) is 5.32 Å². The maximum absolute atomic E-state index is 12.0. The zero-order valence-electron chi connectivity index (χ0n) is 10.3. The molecule has 1 aromatic rings. The van der Waals surface area contributed by atoms with Gasteiger partial charge in [0.25, 0.3) is 5.91 Å². The normalized spacial score (nSPS) is 16.3. The average molecular weight is 251 g/mol. The van der Waals surface area contributed by atoms with Crippen molar-refractivity contribution in [1.29, 1.82) is 0 Å². The van der Waals surface area contributed by atoms with Crippen molar-refractivity contribution in [2.24, 2.45) is 5.92 Å². The Balaban J connectivity index is 2.06. The number of carboxylic acids is 1. The fourth-order valence-corrected chi connectivity index (χ4v) is 1.99. The lowest BCUT2D eigenvalue weighted by atomic mass is 10.1. The Morgan fingerprint density at radius 1 is 1.56 bits per heavy atom. The molecule has 1 aliphatic carbocycles. The van der Waals surface area contributed by atoms with Crippen LogP contribution in [0.5, 0.6) is 0 Å². The van der Waals surface area contributed by atoms with Gasteiger partial charge in [0.15, 0.2) is 0 Å². The minimum Gasteiger partial charge on any atom is -0.480 e. The summed E-state index contributed by atoms with van der Waals surface area (Å²) in [5, 5.41) is 11.6. The lowest BCUT2D eigenvalue weighted by Gasteiger charge is -2.13. The molecule has 0 aromatic carbocycles. The number of carbonyl (C=O) groups is 2. The molecule has 0 aliphatic heterocycles. The summed E-state index contributed by atoms with van der Waals surface area (Å²) in [6, 6.07) is 0.813. The molecule has 1 atom stereocenters. The summed E-state index contributed by atoms with van der Waals surface area (Å²) in [5.74, 6) is -0.624. The zero-order valence-corrected chi connectivity index (χ0v) is 10.3. The predicted molar refractivity (Wildman–Crippen MR) is 64.3 cm³/mol. The molecule has 2 N–H and O–H groups in total. The fraction of sp³-hybridized carbons (Fsp3) is 0.538. The first-order valence-electron chi connectivity index (χ1n) is 6.23. The highest BCUT2D eigenvalue weighted by atomic mass is 16.4. The second-order valence-electron chi connectivity index (χ2n) is 4.63. The number of hydrogen-bond acceptors (Lipinski definition) is 3. The first-order valence-corrected chi connectivity index (χ1v) is 6.23. The van der Waals surface area contributed by atoms with Gasteiger partial charge in [-0.15, -0.1) is 0 Å². The van der Waals surface area contributed by atoms with E-state index in [9.17, 15) is 9.59 Å². The van der Waals surface area contributed by atoms with Gasteiger partial charge in [-0.2, -0.15) is 0 Å². The number of rotatable bonds is 6. The van der Waals surface area contributed by atoms with Gasteiger partial charge in [-0.05, 0) is 31.2 Å². The lowest BCUT2D eigenvalue weighted by molar-refractivity contribution is -0.139. The molecular formula is C13H17NO4. The van der Waals surface area contributed by atoms with Crippen molar-refractivity contribution in [3.63, 3.8) is 0 Å². The molecule has 0 radical (unpaired) electrons. The molecule has 1 aliphatic rings. The number of carboxylic acid groups (broad SMARTS) is 1. The molecule has 2 rings (SSSR count). The molecule has 1 aromatic heterocycles. The quantitative estimate of drug-likeness (QED) is 0.808. The van der Waals surface area contributed by atoms with Crippen molar-refractivity contribution in [2.75, 3.05) is 0 Å². The summed E-state index contributed by atoms with van der Waals surface area (Å²) in [6.07, 6.45) is 4.75. The Hall–Kier alpha value is -1.78. The second-order valence-corrected chi connectivity index (χ2v) is 4.63. The Morgan fingerprint density at radius 2 is 2.28 bits per heavy atom. The van der Waals surface area contributed by atoms with E-state index in [0.29, 0.717) is 17.7 Å². The molecule has 5 heteroatoms. The van der Waals surface area contributed by atoms with E-state index in [1.165, 1.54) is 6.26 Å². The minimum absolute atomic E-state index is 0.0768. The van der Waals surface area contributed by atoms with Gasteiger partial charge in [0.1, 0.15) is 11.8 Å². The maximum atomic E-state index is 12.0. The van der Waals surface area contributed by atoms with Crippen LogP contribution in [0.1, 0.15) is 42.3 Å². The number of nitrogens with one attached hydrogen (secondary N) is 1. The van der Waals surface area contributed by atoms with E-state index in [2.05, 4.69) is 5.32 Å². The molecule has 0 saturated heterocycles.